The van der Waals surface area contributed by atoms with E-state index in [1.807, 2.05) is 0 Å². The molecule has 1 saturated heterocycles. The Morgan fingerprint density at radius 2 is 2.00 bits per heavy atom. The number of hydrogen-bond donors (Lipinski definition) is 1. The van der Waals surface area contributed by atoms with Crippen LogP contribution in [0.5, 0.6) is 0 Å². The van der Waals surface area contributed by atoms with Crippen LogP contribution >= 0.6 is 0 Å². The summed E-state index contributed by atoms with van der Waals surface area (Å²) in [6.07, 6.45) is 7.47. The van der Waals surface area contributed by atoms with E-state index in [0.29, 0.717) is 17.9 Å². The Bertz CT molecular complexity index is 314. The van der Waals surface area contributed by atoms with Crippen LogP contribution in [0.4, 0.5) is 0 Å². The van der Waals surface area contributed by atoms with E-state index in [1.165, 1.54) is 19.3 Å². The van der Waals surface area contributed by atoms with Gasteiger partial charge in [-0.05, 0) is 31.6 Å². The lowest BCUT2D eigenvalue weighted by atomic mass is 9.99. The van der Waals surface area contributed by atoms with E-state index in [4.69, 9.17) is 0 Å². The van der Waals surface area contributed by atoms with Crippen molar-refractivity contribution in [2.24, 2.45) is 11.8 Å². The first-order valence-electron chi connectivity index (χ1n) is 8.16. The molecule has 0 spiro atoms. The Morgan fingerprint density at radius 1 is 1.32 bits per heavy atom. The van der Waals surface area contributed by atoms with Crippen LogP contribution in [-0.2, 0) is 4.79 Å². The molecule has 3 nitrogen and oxygen atoms in total. The van der Waals surface area contributed by atoms with E-state index in [9.17, 15) is 4.79 Å². The van der Waals surface area contributed by atoms with Crippen LogP contribution in [0.25, 0.3) is 0 Å². The lowest BCUT2D eigenvalue weighted by Gasteiger charge is -2.30. The SMILES string of the molecule is CCCC1NC(C(C)CC)C(=O)N1C(C)CC1CC1. The van der Waals surface area contributed by atoms with Gasteiger partial charge in [0.2, 0.25) is 5.91 Å². The normalized spacial score (nSPS) is 30.7. The van der Waals surface area contributed by atoms with Gasteiger partial charge in [0.25, 0.3) is 0 Å². The van der Waals surface area contributed by atoms with E-state index in [-0.39, 0.29) is 12.2 Å². The smallest absolute Gasteiger partial charge is 0.241 e. The molecule has 110 valence electrons. The fraction of sp³-hybridized carbons (Fsp3) is 0.938. The minimum absolute atomic E-state index is 0.0446. The van der Waals surface area contributed by atoms with Crippen molar-refractivity contribution in [2.45, 2.75) is 84.5 Å². The Labute approximate surface area is 118 Å². The number of nitrogens with zero attached hydrogens (tertiary/aromatic N) is 1. The van der Waals surface area contributed by atoms with Gasteiger partial charge in [0, 0.05) is 6.04 Å². The Balaban J connectivity index is 2.05. The highest BCUT2D eigenvalue weighted by Crippen LogP contribution is 2.36. The van der Waals surface area contributed by atoms with Gasteiger partial charge in [-0.25, -0.2) is 0 Å². The van der Waals surface area contributed by atoms with Crippen molar-refractivity contribution in [2.75, 3.05) is 0 Å². The summed E-state index contributed by atoms with van der Waals surface area (Å²) in [5, 5.41) is 3.59. The Kier molecular flexibility index (Phi) is 4.88. The predicted octanol–water partition coefficient (Wildman–Crippen LogP) is 3.15. The first-order chi connectivity index (χ1) is 9.08. The molecule has 0 aromatic rings. The number of carbonyl (C=O) groups is 1. The molecule has 4 unspecified atom stereocenters. The van der Waals surface area contributed by atoms with Crippen LogP contribution in [0.15, 0.2) is 0 Å². The zero-order valence-corrected chi connectivity index (χ0v) is 13.0. The average molecular weight is 266 g/mol. The second-order valence-electron chi connectivity index (χ2n) is 6.61. The minimum atomic E-state index is 0.0446. The fourth-order valence-electron chi connectivity index (χ4n) is 3.29. The third kappa shape index (κ3) is 3.31. The second-order valence-corrected chi connectivity index (χ2v) is 6.61. The van der Waals surface area contributed by atoms with E-state index >= 15 is 0 Å². The molecule has 1 amide bonds. The summed E-state index contributed by atoms with van der Waals surface area (Å²) in [5.74, 6) is 1.67. The second kappa shape index (κ2) is 6.25. The van der Waals surface area contributed by atoms with Gasteiger partial charge in [-0.15, -0.1) is 0 Å². The predicted molar refractivity (Wildman–Crippen MR) is 78.7 cm³/mol. The number of nitrogens with one attached hydrogen (secondary N) is 1. The van der Waals surface area contributed by atoms with Gasteiger partial charge in [-0.3, -0.25) is 10.1 Å². The summed E-state index contributed by atoms with van der Waals surface area (Å²) >= 11 is 0. The third-order valence-corrected chi connectivity index (χ3v) is 4.85. The molecule has 0 aromatic carbocycles. The number of rotatable bonds is 7. The highest BCUT2D eigenvalue weighted by atomic mass is 16.2. The molecule has 1 saturated carbocycles. The maximum Gasteiger partial charge on any atom is 0.241 e. The maximum atomic E-state index is 12.7. The van der Waals surface area contributed by atoms with Crippen LogP contribution in [0, 0.1) is 11.8 Å². The first-order valence-corrected chi connectivity index (χ1v) is 8.16. The third-order valence-electron chi connectivity index (χ3n) is 4.85. The van der Waals surface area contributed by atoms with E-state index in [2.05, 4.69) is 37.9 Å². The van der Waals surface area contributed by atoms with Crippen LogP contribution in [-0.4, -0.2) is 29.1 Å². The average Bonchev–Trinajstić information content (AvgIpc) is 3.12. The lowest BCUT2D eigenvalue weighted by molar-refractivity contribution is -0.133. The van der Waals surface area contributed by atoms with Crippen molar-refractivity contribution in [1.29, 1.82) is 0 Å². The molecule has 3 heteroatoms. The molecule has 1 N–H and O–H groups in total. The molecule has 19 heavy (non-hydrogen) atoms. The van der Waals surface area contributed by atoms with Crippen molar-refractivity contribution >= 4 is 5.91 Å². The monoisotopic (exact) mass is 266 g/mol. The summed E-state index contributed by atoms with van der Waals surface area (Å²) in [7, 11) is 0. The zero-order valence-electron chi connectivity index (χ0n) is 13.0. The summed E-state index contributed by atoms with van der Waals surface area (Å²) in [5.41, 5.74) is 0. The molecule has 2 aliphatic rings. The fourth-order valence-corrected chi connectivity index (χ4v) is 3.29. The Morgan fingerprint density at radius 3 is 2.53 bits per heavy atom. The lowest BCUT2D eigenvalue weighted by Crippen LogP contribution is -2.43. The molecule has 2 rings (SSSR count). The van der Waals surface area contributed by atoms with Crippen molar-refractivity contribution < 1.29 is 4.79 Å². The minimum Gasteiger partial charge on any atom is -0.323 e. The molecular formula is C16H30N2O. The largest absolute Gasteiger partial charge is 0.323 e. The molecule has 1 aliphatic carbocycles. The van der Waals surface area contributed by atoms with Gasteiger partial charge in [0.15, 0.2) is 0 Å². The molecule has 0 bridgehead atoms. The van der Waals surface area contributed by atoms with Crippen molar-refractivity contribution in [1.82, 2.24) is 10.2 Å². The van der Waals surface area contributed by atoms with Gasteiger partial charge in [-0.2, -0.15) is 0 Å². The van der Waals surface area contributed by atoms with Crippen LogP contribution in [0.2, 0.25) is 0 Å². The molecule has 1 heterocycles. The van der Waals surface area contributed by atoms with Gasteiger partial charge < -0.3 is 4.90 Å². The molecular weight excluding hydrogens is 236 g/mol. The van der Waals surface area contributed by atoms with Crippen LogP contribution in [0.3, 0.4) is 0 Å². The topological polar surface area (TPSA) is 32.3 Å². The van der Waals surface area contributed by atoms with E-state index in [1.54, 1.807) is 0 Å². The standard InChI is InChI=1S/C16H30N2O/c1-5-7-14-17-15(11(3)6-2)16(19)18(14)12(4)10-13-8-9-13/h11-15,17H,5-10H2,1-4H3. The maximum absolute atomic E-state index is 12.7. The first kappa shape index (κ1) is 14.8. The van der Waals surface area contributed by atoms with Gasteiger partial charge in [-0.1, -0.05) is 46.5 Å². The van der Waals surface area contributed by atoms with Crippen molar-refractivity contribution in [3.05, 3.63) is 0 Å². The molecule has 0 aromatic heterocycles. The van der Waals surface area contributed by atoms with Gasteiger partial charge >= 0.3 is 0 Å². The van der Waals surface area contributed by atoms with Crippen molar-refractivity contribution in [3.8, 4) is 0 Å². The Hall–Kier alpha value is -0.570. The summed E-state index contributed by atoms with van der Waals surface area (Å²) in [6.45, 7) is 8.80. The molecule has 2 fully saturated rings. The number of carbonyl (C=O) groups excluding carboxylic acids is 1. The highest BCUT2D eigenvalue weighted by Gasteiger charge is 2.43. The van der Waals surface area contributed by atoms with Crippen LogP contribution < -0.4 is 5.32 Å². The summed E-state index contributed by atoms with van der Waals surface area (Å²) in [6, 6.07) is 0.446. The van der Waals surface area contributed by atoms with Crippen LogP contribution in [0.1, 0.15) is 66.2 Å². The number of amides is 1. The molecule has 0 radical (unpaired) electrons. The van der Waals surface area contributed by atoms with Gasteiger partial charge in [0.1, 0.15) is 0 Å². The highest BCUT2D eigenvalue weighted by molar-refractivity contribution is 5.85. The zero-order chi connectivity index (χ0) is 14.0. The molecule has 1 aliphatic heterocycles. The summed E-state index contributed by atoms with van der Waals surface area (Å²) < 4.78 is 0. The van der Waals surface area contributed by atoms with E-state index in [0.717, 1.165) is 25.2 Å². The number of hydrogen-bond acceptors (Lipinski definition) is 2. The molecule has 4 atom stereocenters. The quantitative estimate of drug-likeness (QED) is 0.768. The summed E-state index contributed by atoms with van der Waals surface area (Å²) in [4.78, 5) is 14.9. The van der Waals surface area contributed by atoms with E-state index < -0.39 is 0 Å². The van der Waals surface area contributed by atoms with Gasteiger partial charge in [0.05, 0.1) is 12.2 Å². The van der Waals surface area contributed by atoms with Crippen molar-refractivity contribution in [3.63, 3.8) is 0 Å².